The zero-order valence-corrected chi connectivity index (χ0v) is 6.05. The molecule has 0 spiro atoms. The second-order valence-electron chi connectivity index (χ2n) is 0.408. The molecule has 0 amide bonds. The van der Waals surface area contributed by atoms with Crippen LogP contribution in [0.1, 0.15) is 0 Å². The molecule has 0 unspecified atom stereocenters. The maximum Gasteiger partial charge on any atom is 1.00 e. The standard InChI is InChI=1S/2Cu.H3N.H2O4S/c;;;1-5(2,3)4/h;;1H3;(H2,1,2,3,4)/q2*+1;;/p-2. The number of hydrogen-bond acceptors (Lipinski definition) is 5. The fourth-order valence-corrected chi connectivity index (χ4v) is 0. The summed E-state index contributed by atoms with van der Waals surface area (Å²) in [5.74, 6) is 0. The van der Waals surface area contributed by atoms with Gasteiger partial charge in [-0.1, -0.05) is 0 Å². The summed E-state index contributed by atoms with van der Waals surface area (Å²) in [6.07, 6.45) is 0. The molecule has 0 bridgehead atoms. The van der Waals surface area contributed by atoms with Crippen molar-refractivity contribution in [3.63, 3.8) is 0 Å². The van der Waals surface area contributed by atoms with Crippen LogP contribution in [0, 0.1) is 0 Å². The van der Waals surface area contributed by atoms with E-state index in [1.807, 2.05) is 0 Å². The van der Waals surface area contributed by atoms with E-state index < -0.39 is 10.4 Å². The molecule has 0 aromatic heterocycles. The average molecular weight is 240 g/mol. The fourth-order valence-electron chi connectivity index (χ4n) is 0. The van der Waals surface area contributed by atoms with Crippen LogP contribution < -0.4 is 6.15 Å². The Hall–Kier alpha value is 0.869. The van der Waals surface area contributed by atoms with E-state index in [1.165, 1.54) is 0 Å². The van der Waals surface area contributed by atoms with Crippen molar-refractivity contribution in [1.82, 2.24) is 6.15 Å². The average Bonchev–Trinajstić information content (AvgIpc) is 0.722. The van der Waals surface area contributed by atoms with Crippen molar-refractivity contribution >= 4 is 10.4 Å². The van der Waals surface area contributed by atoms with Crippen molar-refractivity contribution < 1.29 is 51.7 Å². The summed E-state index contributed by atoms with van der Waals surface area (Å²) in [4.78, 5) is 0. The minimum atomic E-state index is -5.17. The predicted octanol–water partition coefficient (Wildman–Crippen LogP) is -1.18. The molecule has 5 nitrogen and oxygen atoms in total. The van der Waals surface area contributed by atoms with Gasteiger partial charge in [0.1, 0.15) is 0 Å². The van der Waals surface area contributed by atoms with Crippen molar-refractivity contribution in [1.29, 1.82) is 0 Å². The van der Waals surface area contributed by atoms with Crippen molar-refractivity contribution in [2.45, 2.75) is 0 Å². The summed E-state index contributed by atoms with van der Waals surface area (Å²) < 4.78 is 34.1. The zero-order chi connectivity index (χ0) is 4.50. The summed E-state index contributed by atoms with van der Waals surface area (Å²) in [6.45, 7) is 0. The van der Waals surface area contributed by atoms with Crippen molar-refractivity contribution in [2.75, 3.05) is 0 Å². The smallest absolute Gasteiger partial charge is 0.759 e. The van der Waals surface area contributed by atoms with Crippen LogP contribution in [0.15, 0.2) is 0 Å². The summed E-state index contributed by atoms with van der Waals surface area (Å²) >= 11 is 0. The van der Waals surface area contributed by atoms with Crippen molar-refractivity contribution in [3.05, 3.63) is 0 Å². The van der Waals surface area contributed by atoms with E-state index in [0.29, 0.717) is 0 Å². The third-order valence-electron chi connectivity index (χ3n) is 0. The van der Waals surface area contributed by atoms with Gasteiger partial charge in [0, 0.05) is 10.4 Å². The first-order valence-electron chi connectivity index (χ1n) is 0.667. The van der Waals surface area contributed by atoms with Crippen LogP contribution in [0.5, 0.6) is 0 Å². The Balaban J connectivity index is -0.0000000267. The van der Waals surface area contributed by atoms with E-state index in [9.17, 15) is 0 Å². The van der Waals surface area contributed by atoms with Gasteiger partial charge in [0.15, 0.2) is 0 Å². The fraction of sp³-hybridized carbons (Fsp3) is 0. The second-order valence-corrected chi connectivity index (χ2v) is 1.22. The van der Waals surface area contributed by atoms with E-state index in [4.69, 9.17) is 17.5 Å². The summed E-state index contributed by atoms with van der Waals surface area (Å²) in [6, 6.07) is 0. The molecular formula is H3Cu2NO4S. The van der Waals surface area contributed by atoms with Gasteiger partial charge >= 0.3 is 34.1 Å². The maximum atomic E-state index is 8.52. The van der Waals surface area contributed by atoms with Crippen molar-refractivity contribution in [3.8, 4) is 0 Å². The Bertz CT molecular complexity index is 97.2. The minimum Gasteiger partial charge on any atom is -0.759 e. The molecule has 0 radical (unpaired) electrons. The Morgan fingerprint density at radius 2 is 1.00 bits per heavy atom. The van der Waals surface area contributed by atoms with Crippen molar-refractivity contribution in [2.24, 2.45) is 0 Å². The van der Waals surface area contributed by atoms with Gasteiger partial charge in [-0.15, -0.1) is 0 Å². The van der Waals surface area contributed by atoms with Gasteiger partial charge in [-0.2, -0.15) is 0 Å². The van der Waals surface area contributed by atoms with Gasteiger partial charge in [-0.3, -0.25) is 8.42 Å². The molecule has 0 fully saturated rings. The summed E-state index contributed by atoms with van der Waals surface area (Å²) in [5, 5.41) is 0. The molecule has 0 heterocycles. The Labute approximate surface area is 68.3 Å². The van der Waals surface area contributed by atoms with Gasteiger partial charge in [0.05, 0.1) is 0 Å². The summed E-state index contributed by atoms with van der Waals surface area (Å²) in [5.41, 5.74) is 0. The molecule has 8 heteroatoms. The molecule has 0 aromatic rings. The molecule has 0 saturated carbocycles. The third-order valence-corrected chi connectivity index (χ3v) is 0. The Morgan fingerprint density at radius 3 is 1.00 bits per heavy atom. The molecule has 0 aliphatic rings. The predicted molar refractivity (Wildman–Crippen MR) is 15.5 cm³/mol. The topological polar surface area (TPSA) is 115 Å². The Kier molecular flexibility index (Phi) is 22.8. The SMILES string of the molecule is N.O=S(=O)([O-])[O-].[Cu+].[Cu+]. The second kappa shape index (κ2) is 7.87. The van der Waals surface area contributed by atoms with E-state index in [0.717, 1.165) is 0 Å². The minimum absolute atomic E-state index is 0. The Morgan fingerprint density at radius 1 is 1.00 bits per heavy atom. The largest absolute Gasteiger partial charge is 1.00 e. The van der Waals surface area contributed by atoms with E-state index in [1.54, 1.807) is 0 Å². The van der Waals surface area contributed by atoms with Crippen LogP contribution in [0.3, 0.4) is 0 Å². The van der Waals surface area contributed by atoms with Gasteiger partial charge in [-0.25, -0.2) is 0 Å². The van der Waals surface area contributed by atoms with Gasteiger partial charge in [0.2, 0.25) is 0 Å². The maximum absolute atomic E-state index is 8.52. The van der Waals surface area contributed by atoms with Gasteiger partial charge in [-0.05, 0) is 0 Å². The molecule has 3 N–H and O–H groups in total. The molecule has 0 aliphatic heterocycles. The molecule has 60 valence electrons. The first kappa shape index (κ1) is 23.2. The van der Waals surface area contributed by atoms with Gasteiger partial charge < -0.3 is 15.3 Å². The van der Waals surface area contributed by atoms with Crippen LogP contribution in [0.2, 0.25) is 0 Å². The molecule has 0 atom stereocenters. The molecule has 0 aromatic carbocycles. The van der Waals surface area contributed by atoms with Crippen LogP contribution in [-0.4, -0.2) is 17.5 Å². The van der Waals surface area contributed by atoms with Crippen LogP contribution in [0.25, 0.3) is 0 Å². The first-order valence-corrected chi connectivity index (χ1v) is 2.00. The van der Waals surface area contributed by atoms with Crippen LogP contribution in [0.4, 0.5) is 0 Å². The molecule has 0 rings (SSSR count). The number of rotatable bonds is 0. The number of hydrogen-bond donors (Lipinski definition) is 1. The van der Waals surface area contributed by atoms with Crippen LogP contribution >= 0.6 is 0 Å². The molecule has 0 saturated heterocycles. The third kappa shape index (κ3) is 313. The molecule has 0 aliphatic carbocycles. The zero-order valence-electron chi connectivity index (χ0n) is 3.35. The quantitative estimate of drug-likeness (QED) is 0.325. The first-order chi connectivity index (χ1) is 2.00. The van der Waals surface area contributed by atoms with E-state index in [2.05, 4.69) is 0 Å². The molecule has 8 heavy (non-hydrogen) atoms. The molecular weight excluding hydrogens is 237 g/mol. The summed E-state index contributed by atoms with van der Waals surface area (Å²) in [7, 11) is -5.17. The van der Waals surface area contributed by atoms with Crippen LogP contribution in [-0.2, 0) is 44.5 Å². The van der Waals surface area contributed by atoms with Gasteiger partial charge in [0.25, 0.3) is 0 Å². The normalized spacial score (nSPS) is 7.25. The van der Waals surface area contributed by atoms with E-state index in [-0.39, 0.29) is 40.3 Å². The monoisotopic (exact) mass is 239 g/mol. The van der Waals surface area contributed by atoms with E-state index >= 15 is 0 Å².